The van der Waals surface area contributed by atoms with Crippen molar-refractivity contribution in [1.29, 1.82) is 0 Å². The number of hydrogen-bond acceptors (Lipinski definition) is 8. The van der Waals surface area contributed by atoms with Gasteiger partial charge in [0.15, 0.2) is 0 Å². The number of methoxy groups -OCH3 is 2. The van der Waals surface area contributed by atoms with Gasteiger partial charge in [-0.25, -0.2) is 8.42 Å². The van der Waals surface area contributed by atoms with Gasteiger partial charge in [0.05, 0.1) is 29.7 Å². The van der Waals surface area contributed by atoms with E-state index in [1.165, 1.54) is 56.4 Å². The van der Waals surface area contributed by atoms with E-state index in [-0.39, 0.29) is 28.6 Å². The molecule has 0 aromatic heterocycles. The number of sulfonamides is 1. The predicted octanol–water partition coefficient (Wildman–Crippen LogP) is 4.71. The first kappa shape index (κ1) is 34.1. The number of ether oxygens (including phenoxy) is 2. The van der Waals surface area contributed by atoms with Crippen molar-refractivity contribution in [2.75, 3.05) is 31.6 Å². The zero-order valence-corrected chi connectivity index (χ0v) is 26.6. The molecule has 0 aliphatic rings. The van der Waals surface area contributed by atoms with Crippen LogP contribution >= 0.6 is 11.6 Å². The van der Waals surface area contributed by atoms with E-state index >= 15 is 0 Å². The molecular formula is C30H35ClN4O8S. The summed E-state index contributed by atoms with van der Waals surface area (Å²) in [5.41, 5.74) is 0.419. The predicted molar refractivity (Wildman–Crippen MR) is 167 cm³/mol. The summed E-state index contributed by atoms with van der Waals surface area (Å²) in [5.74, 6) is -0.529. The lowest BCUT2D eigenvalue weighted by molar-refractivity contribution is -0.385. The zero-order chi connectivity index (χ0) is 32.6. The van der Waals surface area contributed by atoms with Crippen LogP contribution in [-0.4, -0.2) is 63.4 Å². The van der Waals surface area contributed by atoms with Crippen LogP contribution in [0.1, 0.15) is 31.4 Å². The number of nitrogens with one attached hydrogen (secondary N) is 1. The van der Waals surface area contributed by atoms with E-state index in [1.54, 1.807) is 31.2 Å². The number of nitro groups is 1. The van der Waals surface area contributed by atoms with Gasteiger partial charge in [0, 0.05) is 29.7 Å². The smallest absolute Gasteiger partial charge is 0.273 e. The number of amides is 2. The van der Waals surface area contributed by atoms with E-state index in [4.69, 9.17) is 21.1 Å². The standard InChI is InChI=1S/C30H35ClN4O8S/c1-6-14-32-30(37)21(3)33(18-22-8-7-9-24(15-22)42-4)29(36)19-34(27-16-23(31)11-13-28(27)43-5)44(40,41)25-12-10-20(2)26(17-25)35(38)39/h7-13,15-17,21H,6,14,18-19H2,1-5H3,(H,32,37)/t21-/m1/s1. The Hall–Kier alpha value is -4.36. The van der Waals surface area contributed by atoms with Crippen LogP contribution in [0.4, 0.5) is 11.4 Å². The van der Waals surface area contributed by atoms with Crippen molar-refractivity contribution in [1.82, 2.24) is 10.2 Å². The maximum absolute atomic E-state index is 14.2. The van der Waals surface area contributed by atoms with Crippen LogP contribution in [0.25, 0.3) is 0 Å². The second-order valence-corrected chi connectivity index (χ2v) is 12.2. The molecule has 0 saturated carbocycles. The highest BCUT2D eigenvalue weighted by atomic mass is 35.5. The number of anilines is 1. The van der Waals surface area contributed by atoms with Crippen LogP contribution in [0.2, 0.25) is 5.02 Å². The molecule has 236 valence electrons. The maximum atomic E-state index is 14.2. The van der Waals surface area contributed by atoms with Crippen LogP contribution in [0.5, 0.6) is 11.5 Å². The first-order valence-corrected chi connectivity index (χ1v) is 15.5. The summed E-state index contributed by atoms with van der Waals surface area (Å²) in [5, 5.41) is 14.6. The Bertz CT molecular complexity index is 1630. The van der Waals surface area contributed by atoms with Gasteiger partial charge in [-0.05, 0) is 62.2 Å². The minimum atomic E-state index is -4.63. The van der Waals surface area contributed by atoms with Crippen LogP contribution in [-0.2, 0) is 26.2 Å². The summed E-state index contributed by atoms with van der Waals surface area (Å²) in [6.07, 6.45) is 0.672. The van der Waals surface area contributed by atoms with E-state index in [9.17, 15) is 28.1 Å². The number of carbonyl (C=O) groups is 2. The lowest BCUT2D eigenvalue weighted by Gasteiger charge is -2.32. The first-order chi connectivity index (χ1) is 20.8. The molecule has 0 radical (unpaired) electrons. The van der Waals surface area contributed by atoms with Crippen LogP contribution in [0.3, 0.4) is 0 Å². The van der Waals surface area contributed by atoms with E-state index in [0.29, 0.717) is 24.3 Å². The lowest BCUT2D eigenvalue weighted by atomic mass is 10.1. The molecule has 0 heterocycles. The zero-order valence-electron chi connectivity index (χ0n) is 25.1. The Morgan fingerprint density at radius 1 is 1.07 bits per heavy atom. The van der Waals surface area contributed by atoms with Crippen molar-refractivity contribution in [2.24, 2.45) is 0 Å². The molecule has 1 atom stereocenters. The molecule has 44 heavy (non-hydrogen) atoms. The van der Waals surface area contributed by atoms with Gasteiger partial charge in [-0.2, -0.15) is 0 Å². The molecule has 2 amide bonds. The van der Waals surface area contributed by atoms with Gasteiger partial charge in [-0.1, -0.05) is 36.7 Å². The fraction of sp³-hybridized carbons (Fsp3) is 0.333. The van der Waals surface area contributed by atoms with Gasteiger partial charge in [0.25, 0.3) is 15.7 Å². The second kappa shape index (κ2) is 14.9. The highest BCUT2D eigenvalue weighted by Gasteiger charge is 2.35. The van der Waals surface area contributed by atoms with Gasteiger partial charge in [0.2, 0.25) is 11.8 Å². The first-order valence-electron chi connectivity index (χ1n) is 13.6. The van der Waals surface area contributed by atoms with Crippen LogP contribution < -0.4 is 19.1 Å². The average Bonchev–Trinajstić information content (AvgIpc) is 3.00. The molecule has 14 heteroatoms. The number of halogens is 1. The molecule has 3 aromatic carbocycles. The molecule has 0 saturated heterocycles. The largest absolute Gasteiger partial charge is 0.497 e. The molecule has 3 aromatic rings. The molecule has 3 rings (SSSR count). The topological polar surface area (TPSA) is 148 Å². The molecule has 0 unspecified atom stereocenters. The van der Waals surface area contributed by atoms with Crippen LogP contribution in [0, 0.1) is 17.0 Å². The third kappa shape index (κ3) is 7.97. The highest BCUT2D eigenvalue weighted by Crippen LogP contribution is 2.36. The number of hydrogen-bond donors (Lipinski definition) is 1. The fourth-order valence-electron chi connectivity index (χ4n) is 4.39. The Kier molecular flexibility index (Phi) is 11.5. The normalized spacial score (nSPS) is 11.8. The van der Waals surface area contributed by atoms with E-state index in [0.717, 1.165) is 10.4 Å². The molecule has 0 spiro atoms. The summed E-state index contributed by atoms with van der Waals surface area (Å²) in [4.78, 5) is 39.0. The van der Waals surface area contributed by atoms with E-state index in [1.807, 2.05) is 6.92 Å². The quantitative estimate of drug-likeness (QED) is 0.196. The van der Waals surface area contributed by atoms with Gasteiger partial charge in [0.1, 0.15) is 24.1 Å². The van der Waals surface area contributed by atoms with Crippen molar-refractivity contribution in [3.8, 4) is 11.5 Å². The minimum Gasteiger partial charge on any atom is -0.497 e. The monoisotopic (exact) mass is 646 g/mol. The summed E-state index contributed by atoms with van der Waals surface area (Å²) in [6.45, 7) is 4.48. The summed E-state index contributed by atoms with van der Waals surface area (Å²) < 4.78 is 39.9. The maximum Gasteiger partial charge on any atom is 0.273 e. The lowest BCUT2D eigenvalue weighted by Crippen LogP contribution is -2.51. The average molecular weight is 647 g/mol. The summed E-state index contributed by atoms with van der Waals surface area (Å²) >= 11 is 6.25. The molecular weight excluding hydrogens is 612 g/mol. The fourth-order valence-corrected chi connectivity index (χ4v) is 5.99. The van der Waals surface area contributed by atoms with E-state index < -0.39 is 49.9 Å². The SMILES string of the molecule is CCCNC(=O)[C@@H](C)N(Cc1cccc(OC)c1)C(=O)CN(c1cc(Cl)ccc1OC)S(=O)(=O)c1ccc(C)c([N+](=O)[O-])c1. The minimum absolute atomic E-state index is 0.0483. The third-order valence-corrected chi connectivity index (χ3v) is 8.85. The molecule has 0 aliphatic carbocycles. The van der Waals surface area contributed by atoms with Crippen molar-refractivity contribution < 1.29 is 32.4 Å². The van der Waals surface area contributed by atoms with Gasteiger partial charge < -0.3 is 19.7 Å². The number of carbonyl (C=O) groups excluding carboxylic acids is 2. The Morgan fingerprint density at radius 3 is 2.43 bits per heavy atom. The number of nitrogens with zero attached hydrogens (tertiary/aromatic N) is 3. The molecule has 0 fully saturated rings. The summed E-state index contributed by atoms with van der Waals surface area (Å²) in [6, 6.07) is 13.6. The van der Waals surface area contributed by atoms with Gasteiger partial charge in [-0.15, -0.1) is 0 Å². The number of rotatable bonds is 14. The van der Waals surface area contributed by atoms with Crippen molar-refractivity contribution in [3.63, 3.8) is 0 Å². The molecule has 0 aliphatic heterocycles. The van der Waals surface area contributed by atoms with Crippen molar-refractivity contribution in [2.45, 2.75) is 44.7 Å². The molecule has 1 N–H and O–H groups in total. The number of benzene rings is 3. The molecule has 0 bridgehead atoms. The third-order valence-electron chi connectivity index (χ3n) is 6.86. The van der Waals surface area contributed by atoms with Gasteiger partial charge >= 0.3 is 0 Å². The molecule has 12 nitrogen and oxygen atoms in total. The summed E-state index contributed by atoms with van der Waals surface area (Å²) in [7, 11) is -1.80. The second-order valence-electron chi connectivity index (χ2n) is 9.87. The van der Waals surface area contributed by atoms with Gasteiger partial charge in [-0.3, -0.25) is 24.0 Å². The number of nitro benzene ring substituents is 1. The van der Waals surface area contributed by atoms with Crippen molar-refractivity contribution in [3.05, 3.63) is 86.9 Å². The Labute approximate surface area is 261 Å². The Morgan fingerprint density at radius 2 is 1.80 bits per heavy atom. The Balaban J connectivity index is 2.16. The highest BCUT2D eigenvalue weighted by molar-refractivity contribution is 7.92. The van der Waals surface area contributed by atoms with E-state index in [2.05, 4.69) is 5.32 Å². The number of aryl methyl sites for hydroxylation is 1. The van der Waals surface area contributed by atoms with Crippen molar-refractivity contribution >= 4 is 44.8 Å². The van der Waals surface area contributed by atoms with Crippen LogP contribution in [0.15, 0.2) is 65.6 Å².